The van der Waals surface area contributed by atoms with Crippen LogP contribution in [0.15, 0.2) is 54.9 Å². The average Bonchev–Trinajstić information content (AvgIpc) is 2.79. The van der Waals surface area contributed by atoms with E-state index < -0.39 is 11.7 Å². The highest BCUT2D eigenvalue weighted by atomic mass is 19.4. The number of anilines is 5. The molecule has 11 heteroatoms. The quantitative estimate of drug-likeness (QED) is 0.481. The predicted molar refractivity (Wildman–Crippen MR) is 124 cm³/mol. The van der Waals surface area contributed by atoms with E-state index in [1.807, 2.05) is 11.0 Å². The molecule has 4 rings (SSSR count). The molecule has 0 saturated carbocycles. The third-order valence-corrected chi connectivity index (χ3v) is 5.37. The summed E-state index contributed by atoms with van der Waals surface area (Å²) in [4.78, 5) is 26.1. The Hall–Kier alpha value is -3.89. The van der Waals surface area contributed by atoms with Gasteiger partial charge in [-0.15, -0.1) is 0 Å². The zero-order valence-electron chi connectivity index (χ0n) is 18.4. The van der Waals surface area contributed by atoms with Gasteiger partial charge in [0.25, 0.3) is 0 Å². The Balaban J connectivity index is 1.38. The molecule has 1 aliphatic rings. The SMILES string of the molecule is CC(=O)Nc1cccc(Nc2ncnc(N3CCC(Nc4ccccc4C(F)(F)F)CC3)n2)c1. The van der Waals surface area contributed by atoms with Gasteiger partial charge in [-0.1, -0.05) is 18.2 Å². The number of benzene rings is 2. The number of carbonyl (C=O) groups excluding carboxylic acids is 1. The molecule has 1 aliphatic heterocycles. The second kappa shape index (κ2) is 9.94. The number of rotatable bonds is 6. The number of amides is 1. The normalized spacial score (nSPS) is 14.5. The Labute approximate surface area is 194 Å². The number of nitrogens with zero attached hydrogens (tertiary/aromatic N) is 4. The number of halogens is 3. The van der Waals surface area contributed by atoms with E-state index >= 15 is 0 Å². The van der Waals surface area contributed by atoms with Gasteiger partial charge in [-0.05, 0) is 43.2 Å². The van der Waals surface area contributed by atoms with Crippen molar-refractivity contribution in [3.8, 4) is 0 Å². The number of carbonyl (C=O) groups is 1. The summed E-state index contributed by atoms with van der Waals surface area (Å²) < 4.78 is 39.8. The van der Waals surface area contributed by atoms with Crippen molar-refractivity contribution in [3.63, 3.8) is 0 Å². The first-order valence-electron chi connectivity index (χ1n) is 10.8. The van der Waals surface area contributed by atoms with Crippen LogP contribution in [0.5, 0.6) is 0 Å². The van der Waals surface area contributed by atoms with E-state index in [2.05, 4.69) is 30.9 Å². The lowest BCUT2D eigenvalue weighted by Crippen LogP contribution is -2.40. The Morgan fingerprint density at radius 1 is 1.03 bits per heavy atom. The maximum Gasteiger partial charge on any atom is 0.418 e. The molecule has 1 aromatic heterocycles. The number of piperidine rings is 1. The molecule has 0 atom stereocenters. The van der Waals surface area contributed by atoms with E-state index in [-0.39, 0.29) is 17.6 Å². The molecule has 1 fully saturated rings. The molecule has 0 bridgehead atoms. The van der Waals surface area contributed by atoms with Gasteiger partial charge in [0.15, 0.2) is 0 Å². The number of hydrogen-bond acceptors (Lipinski definition) is 7. The van der Waals surface area contributed by atoms with Crippen LogP contribution < -0.4 is 20.9 Å². The number of alkyl halides is 3. The Morgan fingerprint density at radius 2 is 1.76 bits per heavy atom. The minimum atomic E-state index is -4.40. The number of nitrogens with one attached hydrogen (secondary N) is 3. The molecule has 2 aromatic carbocycles. The zero-order chi connectivity index (χ0) is 24.1. The van der Waals surface area contributed by atoms with Crippen molar-refractivity contribution in [3.05, 3.63) is 60.4 Å². The monoisotopic (exact) mass is 471 g/mol. The van der Waals surface area contributed by atoms with Crippen molar-refractivity contribution < 1.29 is 18.0 Å². The first kappa shape index (κ1) is 23.3. The van der Waals surface area contributed by atoms with E-state index in [4.69, 9.17) is 0 Å². The Bertz CT molecular complexity index is 1150. The highest BCUT2D eigenvalue weighted by Crippen LogP contribution is 2.35. The Kier molecular flexibility index (Phi) is 6.80. The van der Waals surface area contributed by atoms with Gasteiger partial charge in [0.2, 0.25) is 17.8 Å². The number of hydrogen-bond donors (Lipinski definition) is 3. The van der Waals surface area contributed by atoms with Gasteiger partial charge in [0.05, 0.1) is 5.56 Å². The fourth-order valence-corrected chi connectivity index (χ4v) is 3.81. The number of aromatic nitrogens is 3. The summed E-state index contributed by atoms with van der Waals surface area (Å²) in [7, 11) is 0. The van der Waals surface area contributed by atoms with Gasteiger partial charge in [0, 0.05) is 43.1 Å². The highest BCUT2D eigenvalue weighted by molar-refractivity contribution is 5.89. The van der Waals surface area contributed by atoms with Crippen LogP contribution in [0.4, 0.5) is 42.1 Å². The van der Waals surface area contributed by atoms with Gasteiger partial charge < -0.3 is 20.9 Å². The van der Waals surface area contributed by atoms with Crippen molar-refractivity contribution in [1.29, 1.82) is 0 Å². The lowest BCUT2D eigenvalue weighted by Gasteiger charge is -2.33. The molecule has 34 heavy (non-hydrogen) atoms. The van der Waals surface area contributed by atoms with Crippen LogP contribution >= 0.6 is 0 Å². The lowest BCUT2D eigenvalue weighted by atomic mass is 10.0. The zero-order valence-corrected chi connectivity index (χ0v) is 18.4. The second-order valence-electron chi connectivity index (χ2n) is 7.95. The summed E-state index contributed by atoms with van der Waals surface area (Å²) in [5, 5.41) is 8.87. The topological polar surface area (TPSA) is 95.1 Å². The second-order valence-corrected chi connectivity index (χ2v) is 7.95. The van der Waals surface area contributed by atoms with Crippen LogP contribution in [0, 0.1) is 0 Å². The first-order chi connectivity index (χ1) is 16.3. The van der Waals surface area contributed by atoms with Crippen molar-refractivity contribution >= 4 is 34.9 Å². The fourth-order valence-electron chi connectivity index (χ4n) is 3.81. The molecule has 2 heterocycles. The minimum absolute atomic E-state index is 0.0873. The average molecular weight is 471 g/mol. The van der Waals surface area contributed by atoms with E-state index in [0.717, 1.165) is 6.07 Å². The van der Waals surface area contributed by atoms with Crippen molar-refractivity contribution in [1.82, 2.24) is 15.0 Å². The van der Waals surface area contributed by atoms with Crippen molar-refractivity contribution in [2.75, 3.05) is 33.9 Å². The molecule has 1 amide bonds. The fraction of sp³-hybridized carbons (Fsp3) is 0.304. The predicted octanol–water partition coefficient (Wildman–Crippen LogP) is 4.67. The summed E-state index contributed by atoms with van der Waals surface area (Å²) >= 11 is 0. The van der Waals surface area contributed by atoms with Crippen LogP contribution in [0.2, 0.25) is 0 Å². The Morgan fingerprint density at radius 3 is 2.50 bits per heavy atom. The molecular formula is C23H24F3N7O. The van der Waals surface area contributed by atoms with Crippen LogP contribution in [0.25, 0.3) is 0 Å². The van der Waals surface area contributed by atoms with Crippen LogP contribution in [0.3, 0.4) is 0 Å². The molecule has 1 saturated heterocycles. The largest absolute Gasteiger partial charge is 0.418 e. The summed E-state index contributed by atoms with van der Waals surface area (Å²) in [5.41, 5.74) is 0.790. The highest BCUT2D eigenvalue weighted by Gasteiger charge is 2.34. The summed E-state index contributed by atoms with van der Waals surface area (Å²) in [5.74, 6) is 0.674. The minimum Gasteiger partial charge on any atom is -0.382 e. The van der Waals surface area contributed by atoms with Gasteiger partial charge in [-0.2, -0.15) is 18.2 Å². The van der Waals surface area contributed by atoms with E-state index in [1.165, 1.54) is 25.4 Å². The van der Waals surface area contributed by atoms with Crippen molar-refractivity contribution in [2.24, 2.45) is 0 Å². The smallest absolute Gasteiger partial charge is 0.382 e. The molecule has 8 nitrogen and oxygen atoms in total. The van der Waals surface area contributed by atoms with Crippen LogP contribution in [0.1, 0.15) is 25.3 Å². The molecule has 3 N–H and O–H groups in total. The molecular weight excluding hydrogens is 447 g/mol. The van der Waals surface area contributed by atoms with Gasteiger partial charge in [-0.3, -0.25) is 4.79 Å². The van der Waals surface area contributed by atoms with E-state index in [9.17, 15) is 18.0 Å². The molecule has 178 valence electrons. The molecule has 0 aliphatic carbocycles. The van der Waals surface area contributed by atoms with E-state index in [0.29, 0.717) is 49.2 Å². The van der Waals surface area contributed by atoms with Crippen LogP contribution in [-0.2, 0) is 11.0 Å². The van der Waals surface area contributed by atoms with E-state index in [1.54, 1.807) is 24.3 Å². The first-order valence-corrected chi connectivity index (χ1v) is 10.8. The maximum atomic E-state index is 13.3. The molecule has 0 unspecified atom stereocenters. The molecule has 0 spiro atoms. The maximum absolute atomic E-state index is 13.3. The summed E-state index contributed by atoms with van der Waals surface area (Å²) in [6.07, 6.45) is -1.72. The summed E-state index contributed by atoms with van der Waals surface area (Å²) in [6.45, 7) is 2.62. The number of para-hydroxylation sites is 1. The molecule has 0 radical (unpaired) electrons. The van der Waals surface area contributed by atoms with Gasteiger partial charge in [0.1, 0.15) is 6.33 Å². The van der Waals surface area contributed by atoms with Gasteiger partial charge in [-0.25, -0.2) is 9.97 Å². The van der Waals surface area contributed by atoms with Gasteiger partial charge >= 0.3 is 6.18 Å². The third kappa shape index (κ3) is 5.91. The standard InChI is InChI=1S/C23H24F3N7O/c1-15(34)29-17-5-4-6-18(13-17)31-21-27-14-28-22(32-21)33-11-9-16(10-12-33)30-20-8-3-2-7-19(20)23(24,25)26/h2-8,13-14,16,30H,9-12H2,1H3,(H,29,34)(H,27,28,31,32). The third-order valence-electron chi connectivity index (χ3n) is 5.37. The lowest BCUT2D eigenvalue weighted by molar-refractivity contribution is -0.137. The summed E-state index contributed by atoms with van der Waals surface area (Å²) in [6, 6.07) is 12.6. The van der Waals surface area contributed by atoms with Crippen LogP contribution in [-0.4, -0.2) is 40.0 Å². The molecule has 3 aromatic rings. The van der Waals surface area contributed by atoms with Crippen molar-refractivity contribution in [2.45, 2.75) is 32.0 Å².